The molecule has 0 atom stereocenters. The van der Waals surface area contributed by atoms with E-state index in [0.717, 1.165) is 16.6 Å². The number of carbonyl (C=O) groups excluding carboxylic acids is 1. The van der Waals surface area contributed by atoms with E-state index in [1.54, 1.807) is 6.07 Å². The number of hydrogen-bond donors (Lipinski definition) is 1. The van der Waals surface area contributed by atoms with Crippen LogP contribution in [-0.2, 0) is 20.5 Å². The number of carbonyl (C=O) groups is 1. The molecule has 1 aromatic carbocycles. The molecule has 0 saturated heterocycles. The molecule has 0 radical (unpaired) electrons. The van der Waals surface area contributed by atoms with Gasteiger partial charge in [-0.15, -0.1) is 0 Å². The van der Waals surface area contributed by atoms with E-state index in [-0.39, 0.29) is 5.56 Å². The van der Waals surface area contributed by atoms with Gasteiger partial charge in [-0.2, -0.15) is 0 Å². The fourth-order valence-electron chi connectivity index (χ4n) is 2.10. The minimum Gasteiger partial charge on any atom is -0.322 e. The second kappa shape index (κ2) is 5.78. The lowest BCUT2D eigenvalue weighted by Crippen LogP contribution is -2.40. The minimum absolute atomic E-state index is 0.0643. The molecular formula is C15H17N3O3. The highest BCUT2D eigenvalue weighted by Crippen LogP contribution is 2.15. The van der Waals surface area contributed by atoms with Crippen LogP contribution in [-0.4, -0.2) is 15.0 Å². The molecule has 21 heavy (non-hydrogen) atoms. The third-order valence-corrected chi connectivity index (χ3v) is 3.34. The molecule has 1 N–H and O–H groups in total. The van der Waals surface area contributed by atoms with Crippen LogP contribution in [0.25, 0.3) is 0 Å². The zero-order valence-corrected chi connectivity index (χ0v) is 12.2. The number of nitrogens with one attached hydrogen (secondary N) is 1. The van der Waals surface area contributed by atoms with E-state index in [9.17, 15) is 14.4 Å². The van der Waals surface area contributed by atoms with Gasteiger partial charge in [0.2, 0.25) is 0 Å². The van der Waals surface area contributed by atoms with E-state index >= 15 is 0 Å². The average Bonchev–Trinajstić information content (AvgIpc) is 2.49. The maximum absolute atomic E-state index is 12.3. The molecule has 2 aromatic rings. The zero-order chi connectivity index (χ0) is 15.6. The van der Waals surface area contributed by atoms with E-state index < -0.39 is 17.2 Å². The molecule has 0 aliphatic heterocycles. The fraction of sp³-hybridized carbons (Fsp3) is 0.267. The van der Waals surface area contributed by atoms with Crippen LogP contribution in [0.4, 0.5) is 5.69 Å². The van der Waals surface area contributed by atoms with Gasteiger partial charge in [-0.3, -0.25) is 14.2 Å². The van der Waals surface area contributed by atoms with Gasteiger partial charge in [0, 0.05) is 26.0 Å². The molecule has 0 bridgehead atoms. The number of para-hydroxylation sites is 1. The summed E-state index contributed by atoms with van der Waals surface area (Å²) in [4.78, 5) is 35.9. The van der Waals surface area contributed by atoms with Crippen molar-refractivity contribution in [2.24, 2.45) is 14.1 Å². The summed E-state index contributed by atoms with van der Waals surface area (Å²) in [6.45, 7) is 1.98. The predicted molar refractivity (Wildman–Crippen MR) is 80.7 cm³/mol. The molecule has 0 unspecified atom stereocenters. The largest absolute Gasteiger partial charge is 0.330 e. The van der Waals surface area contributed by atoms with Crippen LogP contribution in [0.5, 0.6) is 0 Å². The van der Waals surface area contributed by atoms with Crippen LogP contribution in [0.15, 0.2) is 40.1 Å². The summed E-state index contributed by atoms with van der Waals surface area (Å²) in [5.74, 6) is -0.521. The first kappa shape index (κ1) is 14.8. The average molecular weight is 287 g/mol. The Balaban J connectivity index is 2.42. The van der Waals surface area contributed by atoms with Gasteiger partial charge in [0.15, 0.2) is 0 Å². The normalized spacial score (nSPS) is 10.4. The second-order valence-electron chi connectivity index (χ2n) is 4.77. The van der Waals surface area contributed by atoms with Crippen LogP contribution in [0, 0.1) is 0 Å². The van der Waals surface area contributed by atoms with Crippen LogP contribution < -0.4 is 16.6 Å². The monoisotopic (exact) mass is 287 g/mol. The third kappa shape index (κ3) is 2.79. The number of nitrogens with zero attached hydrogens (tertiary/aromatic N) is 2. The van der Waals surface area contributed by atoms with Crippen LogP contribution in [0.1, 0.15) is 22.8 Å². The highest BCUT2D eigenvalue weighted by atomic mass is 16.2. The van der Waals surface area contributed by atoms with Crippen molar-refractivity contribution in [1.82, 2.24) is 9.13 Å². The smallest absolute Gasteiger partial charge is 0.322 e. The Morgan fingerprint density at radius 3 is 2.52 bits per heavy atom. The molecule has 2 rings (SSSR count). The zero-order valence-electron chi connectivity index (χ0n) is 12.2. The Morgan fingerprint density at radius 2 is 1.86 bits per heavy atom. The Kier molecular flexibility index (Phi) is 4.07. The van der Waals surface area contributed by atoms with Gasteiger partial charge in [0.1, 0.15) is 5.56 Å². The molecular weight excluding hydrogens is 270 g/mol. The molecule has 6 nitrogen and oxygen atoms in total. The van der Waals surface area contributed by atoms with Crippen molar-refractivity contribution in [3.05, 3.63) is 62.4 Å². The number of aryl methyl sites for hydroxylation is 2. The lowest BCUT2D eigenvalue weighted by atomic mass is 10.1. The lowest BCUT2D eigenvalue weighted by molar-refractivity contribution is 0.102. The Morgan fingerprint density at radius 1 is 1.19 bits per heavy atom. The summed E-state index contributed by atoms with van der Waals surface area (Å²) >= 11 is 0. The molecule has 1 aromatic heterocycles. The van der Waals surface area contributed by atoms with Crippen molar-refractivity contribution in [1.29, 1.82) is 0 Å². The van der Waals surface area contributed by atoms with E-state index in [2.05, 4.69) is 5.32 Å². The van der Waals surface area contributed by atoms with Crippen LogP contribution in [0.3, 0.4) is 0 Å². The summed E-state index contributed by atoms with van der Waals surface area (Å²) in [5.41, 5.74) is 0.508. The molecule has 110 valence electrons. The van der Waals surface area contributed by atoms with Crippen molar-refractivity contribution >= 4 is 11.6 Å². The van der Waals surface area contributed by atoms with Gasteiger partial charge in [0.25, 0.3) is 11.5 Å². The van der Waals surface area contributed by atoms with Crippen molar-refractivity contribution < 1.29 is 4.79 Å². The van der Waals surface area contributed by atoms with Gasteiger partial charge in [-0.1, -0.05) is 25.1 Å². The third-order valence-electron chi connectivity index (χ3n) is 3.34. The molecule has 0 aliphatic rings. The summed E-state index contributed by atoms with van der Waals surface area (Å²) in [5, 5.41) is 2.72. The summed E-state index contributed by atoms with van der Waals surface area (Å²) in [7, 11) is 2.85. The Labute approximate surface area is 121 Å². The predicted octanol–water partition coefficient (Wildman–Crippen LogP) is 0.899. The second-order valence-corrected chi connectivity index (χ2v) is 4.77. The molecule has 0 spiro atoms. The highest BCUT2D eigenvalue weighted by Gasteiger charge is 2.15. The molecule has 0 saturated carbocycles. The van der Waals surface area contributed by atoms with Gasteiger partial charge >= 0.3 is 5.69 Å². The number of aromatic nitrogens is 2. The standard InChI is InChI=1S/C15H17N3O3/c1-4-10-7-5-6-8-12(10)16-13(19)11-9-17(2)15(21)18(3)14(11)20/h5-9H,4H2,1-3H3,(H,16,19). The molecule has 1 heterocycles. The molecule has 1 amide bonds. The summed E-state index contributed by atoms with van der Waals surface area (Å²) in [6.07, 6.45) is 2.02. The topological polar surface area (TPSA) is 73.1 Å². The summed E-state index contributed by atoms with van der Waals surface area (Å²) < 4.78 is 2.13. The quantitative estimate of drug-likeness (QED) is 0.911. The molecule has 0 aliphatic carbocycles. The van der Waals surface area contributed by atoms with Crippen LogP contribution in [0.2, 0.25) is 0 Å². The van der Waals surface area contributed by atoms with Gasteiger partial charge in [-0.05, 0) is 18.1 Å². The van der Waals surface area contributed by atoms with Crippen molar-refractivity contribution in [3.8, 4) is 0 Å². The van der Waals surface area contributed by atoms with E-state index in [1.165, 1.54) is 24.9 Å². The first-order valence-electron chi connectivity index (χ1n) is 6.61. The Hall–Kier alpha value is -2.63. The SMILES string of the molecule is CCc1ccccc1NC(=O)c1cn(C)c(=O)n(C)c1=O. The van der Waals surface area contributed by atoms with Gasteiger partial charge in [-0.25, -0.2) is 4.79 Å². The summed E-state index contributed by atoms with van der Waals surface area (Å²) in [6, 6.07) is 7.39. The van der Waals surface area contributed by atoms with E-state index in [1.807, 2.05) is 25.1 Å². The number of anilines is 1. The number of amides is 1. The van der Waals surface area contributed by atoms with Gasteiger partial charge < -0.3 is 9.88 Å². The maximum atomic E-state index is 12.3. The number of benzene rings is 1. The van der Waals surface area contributed by atoms with Gasteiger partial charge in [0.05, 0.1) is 0 Å². The fourth-order valence-corrected chi connectivity index (χ4v) is 2.10. The van der Waals surface area contributed by atoms with Crippen molar-refractivity contribution in [3.63, 3.8) is 0 Å². The van der Waals surface area contributed by atoms with E-state index in [0.29, 0.717) is 5.69 Å². The molecule has 6 heteroatoms. The van der Waals surface area contributed by atoms with E-state index in [4.69, 9.17) is 0 Å². The van der Waals surface area contributed by atoms with Crippen molar-refractivity contribution in [2.75, 3.05) is 5.32 Å². The molecule has 0 fully saturated rings. The lowest BCUT2D eigenvalue weighted by Gasteiger charge is -2.10. The highest BCUT2D eigenvalue weighted by molar-refractivity contribution is 6.04. The minimum atomic E-state index is -0.607. The first-order valence-corrected chi connectivity index (χ1v) is 6.61. The first-order chi connectivity index (χ1) is 9.95. The van der Waals surface area contributed by atoms with Crippen molar-refractivity contribution in [2.45, 2.75) is 13.3 Å². The number of rotatable bonds is 3. The maximum Gasteiger partial charge on any atom is 0.330 e. The number of hydrogen-bond acceptors (Lipinski definition) is 3. The van der Waals surface area contributed by atoms with Crippen LogP contribution >= 0.6 is 0 Å². The Bertz CT molecular complexity index is 803.